The number of ether oxygens (including phenoxy) is 2. The van der Waals surface area contributed by atoms with E-state index in [2.05, 4.69) is 17.4 Å². The Hall–Kier alpha value is -2.95. The first-order valence-electron chi connectivity index (χ1n) is 10.00. The van der Waals surface area contributed by atoms with E-state index < -0.39 is 6.10 Å². The van der Waals surface area contributed by atoms with Crippen LogP contribution in [0, 0.1) is 0 Å². The van der Waals surface area contributed by atoms with Crippen LogP contribution in [0.25, 0.3) is 11.1 Å². The van der Waals surface area contributed by atoms with Crippen LogP contribution in [0.15, 0.2) is 78.9 Å². The Morgan fingerprint density at radius 2 is 1.76 bits per heavy atom. The van der Waals surface area contributed by atoms with Gasteiger partial charge in [0.1, 0.15) is 18.0 Å². The molecular formula is C25H25NO3. The molecule has 0 radical (unpaired) electrons. The molecule has 2 atom stereocenters. The summed E-state index contributed by atoms with van der Waals surface area (Å²) in [7, 11) is 0. The molecule has 0 aliphatic carbocycles. The van der Waals surface area contributed by atoms with Crippen LogP contribution in [0.1, 0.15) is 28.9 Å². The summed E-state index contributed by atoms with van der Waals surface area (Å²) in [6.07, 6.45) is -0.657. The standard InChI is InChI=1S/C25H25NO3/c1-18(29-21-10-6-3-7-11-21)23-16-20(25(27)24-17-26-14-15-28-24)12-13-22(23)19-8-4-2-5-9-19/h2-13,16,18,24,26H,14-15,17H2,1H3. The highest BCUT2D eigenvalue weighted by atomic mass is 16.5. The second kappa shape index (κ2) is 9.03. The second-order valence-electron chi connectivity index (χ2n) is 7.17. The monoisotopic (exact) mass is 387 g/mol. The van der Waals surface area contributed by atoms with Crippen molar-refractivity contribution >= 4 is 5.78 Å². The van der Waals surface area contributed by atoms with Gasteiger partial charge in [0.05, 0.1) is 6.61 Å². The summed E-state index contributed by atoms with van der Waals surface area (Å²) in [6, 6.07) is 25.8. The summed E-state index contributed by atoms with van der Waals surface area (Å²) >= 11 is 0. The van der Waals surface area contributed by atoms with Gasteiger partial charge in [-0.25, -0.2) is 0 Å². The van der Waals surface area contributed by atoms with Crippen LogP contribution in [0.2, 0.25) is 0 Å². The highest BCUT2D eigenvalue weighted by Crippen LogP contribution is 2.32. The Morgan fingerprint density at radius 1 is 1.03 bits per heavy atom. The Bertz CT molecular complexity index is 950. The number of carbonyl (C=O) groups excluding carboxylic acids is 1. The summed E-state index contributed by atoms with van der Waals surface area (Å²) in [5, 5.41) is 3.22. The minimum absolute atomic E-state index is 0.00460. The molecular weight excluding hydrogens is 362 g/mol. The molecule has 1 N–H and O–H groups in total. The molecule has 3 aromatic rings. The van der Waals surface area contributed by atoms with Gasteiger partial charge in [0, 0.05) is 24.2 Å². The number of ketones is 1. The first-order chi connectivity index (χ1) is 14.2. The van der Waals surface area contributed by atoms with E-state index in [0.29, 0.717) is 18.7 Å². The van der Waals surface area contributed by atoms with Crippen LogP contribution in [0.3, 0.4) is 0 Å². The average molecular weight is 387 g/mol. The van der Waals surface area contributed by atoms with Gasteiger partial charge in [-0.15, -0.1) is 0 Å². The highest BCUT2D eigenvalue weighted by Gasteiger charge is 2.25. The van der Waals surface area contributed by atoms with Crippen molar-refractivity contribution < 1.29 is 14.3 Å². The lowest BCUT2D eigenvalue weighted by Gasteiger charge is -2.24. The number of hydrogen-bond acceptors (Lipinski definition) is 4. The largest absolute Gasteiger partial charge is 0.486 e. The molecule has 1 aliphatic heterocycles. The summed E-state index contributed by atoms with van der Waals surface area (Å²) < 4.78 is 11.8. The van der Waals surface area contributed by atoms with Crippen molar-refractivity contribution in [3.63, 3.8) is 0 Å². The van der Waals surface area contributed by atoms with Crippen molar-refractivity contribution in [1.82, 2.24) is 5.32 Å². The zero-order valence-electron chi connectivity index (χ0n) is 16.5. The first kappa shape index (κ1) is 19.4. The maximum Gasteiger partial charge on any atom is 0.192 e. The van der Waals surface area contributed by atoms with Gasteiger partial charge >= 0.3 is 0 Å². The highest BCUT2D eigenvalue weighted by molar-refractivity contribution is 6.00. The molecule has 4 heteroatoms. The number of morpholine rings is 1. The molecule has 2 unspecified atom stereocenters. The Labute approximate surface area is 171 Å². The van der Waals surface area contributed by atoms with E-state index in [1.165, 1.54) is 0 Å². The number of para-hydroxylation sites is 1. The lowest BCUT2D eigenvalue weighted by Crippen LogP contribution is -2.43. The fraction of sp³-hybridized carbons (Fsp3) is 0.240. The van der Waals surface area contributed by atoms with Gasteiger partial charge in [-0.05, 0) is 36.2 Å². The lowest BCUT2D eigenvalue weighted by atomic mass is 9.92. The fourth-order valence-electron chi connectivity index (χ4n) is 3.62. The molecule has 1 fully saturated rings. The van der Waals surface area contributed by atoms with Gasteiger partial charge in [-0.2, -0.15) is 0 Å². The maximum atomic E-state index is 13.0. The van der Waals surface area contributed by atoms with Crippen molar-refractivity contribution in [2.24, 2.45) is 0 Å². The van der Waals surface area contributed by atoms with Gasteiger partial charge in [-0.3, -0.25) is 4.79 Å². The number of nitrogens with one attached hydrogen (secondary N) is 1. The topological polar surface area (TPSA) is 47.6 Å². The zero-order chi connectivity index (χ0) is 20.1. The van der Waals surface area contributed by atoms with Crippen LogP contribution in [0.5, 0.6) is 5.75 Å². The van der Waals surface area contributed by atoms with Gasteiger partial charge in [0.25, 0.3) is 0 Å². The fourth-order valence-corrected chi connectivity index (χ4v) is 3.62. The van der Waals surface area contributed by atoms with Gasteiger partial charge in [-0.1, -0.05) is 60.7 Å². The van der Waals surface area contributed by atoms with Crippen LogP contribution in [0.4, 0.5) is 0 Å². The number of Topliss-reactive ketones (excluding diaryl/α,β-unsaturated/α-hetero) is 1. The number of benzene rings is 3. The van der Waals surface area contributed by atoms with E-state index in [1.54, 1.807) is 0 Å². The third-order valence-electron chi connectivity index (χ3n) is 5.13. The third-order valence-corrected chi connectivity index (χ3v) is 5.13. The SMILES string of the molecule is CC(Oc1ccccc1)c1cc(C(=O)C2CNCCO2)ccc1-c1ccccc1. The third kappa shape index (κ3) is 4.56. The van der Waals surface area contributed by atoms with Crippen LogP contribution < -0.4 is 10.1 Å². The summed E-state index contributed by atoms with van der Waals surface area (Å²) in [5.41, 5.74) is 3.79. The summed E-state index contributed by atoms with van der Waals surface area (Å²) in [4.78, 5) is 13.0. The van der Waals surface area contributed by atoms with Gasteiger partial charge in [0.2, 0.25) is 0 Å². The molecule has 0 amide bonds. The molecule has 4 nitrogen and oxygen atoms in total. The number of hydrogen-bond donors (Lipinski definition) is 1. The minimum atomic E-state index is -0.440. The Balaban J connectivity index is 1.69. The van der Waals surface area contributed by atoms with Gasteiger partial charge in [0.15, 0.2) is 5.78 Å². The first-order valence-corrected chi connectivity index (χ1v) is 10.00. The van der Waals surface area contributed by atoms with Crippen molar-refractivity contribution in [1.29, 1.82) is 0 Å². The van der Waals surface area contributed by atoms with Crippen LogP contribution in [-0.4, -0.2) is 31.6 Å². The van der Waals surface area contributed by atoms with Crippen molar-refractivity contribution in [2.75, 3.05) is 19.7 Å². The number of carbonyl (C=O) groups is 1. The van der Waals surface area contributed by atoms with Crippen molar-refractivity contribution in [3.05, 3.63) is 90.0 Å². The molecule has 148 valence electrons. The average Bonchev–Trinajstić information content (AvgIpc) is 2.80. The van der Waals surface area contributed by atoms with E-state index in [9.17, 15) is 4.79 Å². The van der Waals surface area contributed by atoms with Gasteiger partial charge < -0.3 is 14.8 Å². The molecule has 0 bridgehead atoms. The summed E-state index contributed by atoms with van der Waals surface area (Å²) in [5.74, 6) is 0.806. The molecule has 1 heterocycles. The molecule has 0 spiro atoms. The molecule has 1 saturated heterocycles. The van der Waals surface area contributed by atoms with Crippen LogP contribution in [-0.2, 0) is 4.74 Å². The minimum Gasteiger partial charge on any atom is -0.486 e. The van der Waals surface area contributed by atoms with E-state index in [1.807, 2.05) is 73.7 Å². The van der Waals surface area contributed by atoms with Crippen LogP contribution >= 0.6 is 0 Å². The molecule has 3 aromatic carbocycles. The van der Waals surface area contributed by atoms with Crippen molar-refractivity contribution in [2.45, 2.75) is 19.1 Å². The second-order valence-corrected chi connectivity index (χ2v) is 7.17. The molecule has 0 saturated carbocycles. The van der Waals surface area contributed by atoms with Crippen molar-refractivity contribution in [3.8, 4) is 16.9 Å². The Kier molecular flexibility index (Phi) is 6.03. The molecule has 4 rings (SSSR count). The van der Waals surface area contributed by atoms with E-state index >= 15 is 0 Å². The quantitative estimate of drug-likeness (QED) is 0.625. The predicted octanol–water partition coefficient (Wildman–Crippen LogP) is 4.66. The maximum absolute atomic E-state index is 13.0. The zero-order valence-corrected chi connectivity index (χ0v) is 16.5. The molecule has 1 aliphatic rings. The van der Waals surface area contributed by atoms with E-state index in [-0.39, 0.29) is 11.9 Å². The number of rotatable bonds is 6. The lowest BCUT2D eigenvalue weighted by molar-refractivity contribution is 0.0269. The summed E-state index contributed by atoms with van der Waals surface area (Å²) in [6.45, 7) is 3.90. The Morgan fingerprint density at radius 3 is 2.45 bits per heavy atom. The van der Waals surface area contributed by atoms with E-state index in [0.717, 1.165) is 29.0 Å². The molecule has 0 aromatic heterocycles. The molecule has 29 heavy (non-hydrogen) atoms. The smallest absolute Gasteiger partial charge is 0.192 e. The van der Waals surface area contributed by atoms with E-state index in [4.69, 9.17) is 9.47 Å². The normalized spacial score (nSPS) is 17.5. The predicted molar refractivity (Wildman–Crippen MR) is 114 cm³/mol.